The molecular formula is C9H10ClN5S. The quantitative estimate of drug-likeness (QED) is 0.668. The first-order valence-corrected chi connectivity index (χ1v) is 5.92. The van der Waals surface area contributed by atoms with Crippen molar-refractivity contribution >= 4 is 29.1 Å². The summed E-state index contributed by atoms with van der Waals surface area (Å²) in [6.45, 7) is 0. The molecule has 1 heterocycles. The van der Waals surface area contributed by atoms with Crippen molar-refractivity contribution in [3.63, 3.8) is 0 Å². The van der Waals surface area contributed by atoms with Gasteiger partial charge in [-0.1, -0.05) is 11.6 Å². The number of aryl methyl sites for hydroxylation is 1. The van der Waals surface area contributed by atoms with Crippen LogP contribution in [0.4, 0.5) is 5.69 Å². The standard InChI is InChI=1S/C9H10ClN5S/c1-15-13-9(12-14-15)5-16-8-3-2-6(10)4-7(8)11/h2-4H,5,11H2,1H3. The molecule has 0 saturated heterocycles. The molecule has 2 aromatic rings. The van der Waals surface area contributed by atoms with Crippen LogP contribution in [0.2, 0.25) is 5.02 Å². The van der Waals surface area contributed by atoms with Crippen LogP contribution >= 0.6 is 23.4 Å². The molecule has 1 aromatic carbocycles. The van der Waals surface area contributed by atoms with Gasteiger partial charge in [0, 0.05) is 15.6 Å². The molecule has 1 aromatic heterocycles. The van der Waals surface area contributed by atoms with Gasteiger partial charge in [0.05, 0.1) is 12.8 Å². The van der Waals surface area contributed by atoms with Crippen LogP contribution in [0.5, 0.6) is 0 Å². The van der Waals surface area contributed by atoms with E-state index in [9.17, 15) is 0 Å². The Morgan fingerprint density at radius 3 is 2.94 bits per heavy atom. The van der Waals surface area contributed by atoms with Crippen LogP contribution in [0.15, 0.2) is 23.1 Å². The molecule has 0 atom stereocenters. The third-order valence-corrected chi connectivity index (χ3v) is 3.20. The second kappa shape index (κ2) is 4.71. The fourth-order valence-corrected chi connectivity index (χ4v) is 2.14. The van der Waals surface area contributed by atoms with E-state index < -0.39 is 0 Å². The van der Waals surface area contributed by atoms with Gasteiger partial charge in [-0.25, -0.2) is 0 Å². The second-order valence-corrected chi connectivity index (χ2v) is 4.62. The van der Waals surface area contributed by atoms with Gasteiger partial charge in [0.2, 0.25) is 0 Å². The van der Waals surface area contributed by atoms with Crippen molar-refractivity contribution in [1.29, 1.82) is 0 Å². The Bertz CT molecular complexity index is 498. The lowest BCUT2D eigenvalue weighted by molar-refractivity contribution is 0.628. The lowest BCUT2D eigenvalue weighted by Crippen LogP contribution is -1.93. The molecule has 0 amide bonds. The number of nitrogens with two attached hydrogens (primary N) is 1. The fraction of sp³-hybridized carbons (Fsp3) is 0.222. The Morgan fingerprint density at radius 1 is 1.50 bits per heavy atom. The molecule has 0 radical (unpaired) electrons. The molecule has 84 valence electrons. The van der Waals surface area contributed by atoms with Gasteiger partial charge in [-0.05, 0) is 23.4 Å². The van der Waals surface area contributed by atoms with Gasteiger partial charge in [-0.15, -0.1) is 22.0 Å². The smallest absolute Gasteiger partial charge is 0.184 e. The Labute approximate surface area is 102 Å². The lowest BCUT2D eigenvalue weighted by Gasteiger charge is -2.03. The Hall–Kier alpha value is -1.27. The van der Waals surface area contributed by atoms with Crippen LogP contribution in [0.3, 0.4) is 0 Å². The van der Waals surface area contributed by atoms with E-state index in [1.54, 1.807) is 24.9 Å². The number of tetrazole rings is 1. The largest absolute Gasteiger partial charge is 0.398 e. The molecule has 0 spiro atoms. The summed E-state index contributed by atoms with van der Waals surface area (Å²) in [5.74, 6) is 1.32. The van der Waals surface area contributed by atoms with Crippen molar-refractivity contribution in [1.82, 2.24) is 20.2 Å². The maximum absolute atomic E-state index is 5.82. The molecule has 0 bridgehead atoms. The zero-order chi connectivity index (χ0) is 11.5. The van der Waals surface area contributed by atoms with E-state index in [1.165, 1.54) is 4.80 Å². The molecular weight excluding hydrogens is 246 g/mol. The van der Waals surface area contributed by atoms with Gasteiger partial charge in [0.15, 0.2) is 5.82 Å². The third kappa shape index (κ3) is 2.65. The molecule has 5 nitrogen and oxygen atoms in total. The highest BCUT2D eigenvalue weighted by Gasteiger charge is 2.04. The maximum atomic E-state index is 5.82. The van der Waals surface area contributed by atoms with Crippen molar-refractivity contribution < 1.29 is 0 Å². The average molecular weight is 256 g/mol. The summed E-state index contributed by atoms with van der Waals surface area (Å²) in [7, 11) is 1.73. The lowest BCUT2D eigenvalue weighted by atomic mass is 10.3. The predicted molar refractivity (Wildman–Crippen MR) is 64.2 cm³/mol. The minimum Gasteiger partial charge on any atom is -0.398 e. The predicted octanol–water partition coefficient (Wildman–Crippen LogP) is 1.74. The van der Waals surface area contributed by atoms with Crippen LogP contribution in [0.1, 0.15) is 5.82 Å². The number of rotatable bonds is 3. The van der Waals surface area contributed by atoms with Gasteiger partial charge in [-0.3, -0.25) is 0 Å². The van der Waals surface area contributed by atoms with E-state index in [-0.39, 0.29) is 0 Å². The molecule has 0 fully saturated rings. The van der Waals surface area contributed by atoms with Crippen molar-refractivity contribution in [3.8, 4) is 0 Å². The van der Waals surface area contributed by atoms with Crippen molar-refractivity contribution in [2.45, 2.75) is 10.6 Å². The molecule has 0 saturated carbocycles. The minimum atomic E-state index is 0.638. The van der Waals surface area contributed by atoms with E-state index in [2.05, 4.69) is 15.4 Å². The highest BCUT2D eigenvalue weighted by molar-refractivity contribution is 7.98. The first-order chi connectivity index (χ1) is 7.65. The number of nitrogens with zero attached hydrogens (tertiary/aromatic N) is 4. The molecule has 2 rings (SSSR count). The van der Waals surface area contributed by atoms with E-state index >= 15 is 0 Å². The van der Waals surface area contributed by atoms with Gasteiger partial charge >= 0.3 is 0 Å². The summed E-state index contributed by atoms with van der Waals surface area (Å²) in [4.78, 5) is 2.40. The third-order valence-electron chi connectivity index (χ3n) is 1.88. The monoisotopic (exact) mass is 255 g/mol. The molecule has 2 N–H and O–H groups in total. The molecule has 7 heteroatoms. The normalized spacial score (nSPS) is 10.6. The van der Waals surface area contributed by atoms with Gasteiger partial charge in [0.25, 0.3) is 0 Å². The van der Waals surface area contributed by atoms with Gasteiger partial charge in [0.1, 0.15) is 0 Å². The van der Waals surface area contributed by atoms with E-state index in [4.69, 9.17) is 17.3 Å². The number of anilines is 1. The molecule has 0 aliphatic rings. The zero-order valence-electron chi connectivity index (χ0n) is 8.59. The zero-order valence-corrected chi connectivity index (χ0v) is 10.2. The summed E-state index contributed by atoms with van der Waals surface area (Å²) >= 11 is 7.37. The SMILES string of the molecule is Cn1nnc(CSc2ccc(Cl)cc2N)n1. The first-order valence-electron chi connectivity index (χ1n) is 4.56. The number of nitrogen functional groups attached to an aromatic ring is 1. The first kappa shape index (κ1) is 11.2. The van der Waals surface area contributed by atoms with Crippen LogP contribution in [0, 0.1) is 0 Å². The van der Waals surface area contributed by atoms with Crippen molar-refractivity contribution in [3.05, 3.63) is 29.0 Å². The molecule has 0 unspecified atom stereocenters. The van der Waals surface area contributed by atoms with Crippen molar-refractivity contribution in [2.75, 3.05) is 5.73 Å². The van der Waals surface area contributed by atoms with Crippen LogP contribution in [-0.2, 0) is 12.8 Å². The van der Waals surface area contributed by atoms with Crippen LogP contribution in [-0.4, -0.2) is 20.2 Å². The number of halogens is 1. The number of hydrogen-bond acceptors (Lipinski definition) is 5. The number of hydrogen-bond donors (Lipinski definition) is 1. The van der Waals surface area contributed by atoms with Gasteiger partial charge in [-0.2, -0.15) is 4.80 Å². The maximum Gasteiger partial charge on any atom is 0.184 e. The second-order valence-electron chi connectivity index (χ2n) is 3.17. The van der Waals surface area contributed by atoms with E-state index in [0.29, 0.717) is 22.3 Å². The Morgan fingerprint density at radius 2 is 2.31 bits per heavy atom. The van der Waals surface area contributed by atoms with Crippen LogP contribution in [0.25, 0.3) is 0 Å². The Balaban J connectivity index is 2.04. The topological polar surface area (TPSA) is 69.6 Å². The fourth-order valence-electron chi connectivity index (χ4n) is 1.17. The number of thioether (sulfide) groups is 1. The van der Waals surface area contributed by atoms with Gasteiger partial charge < -0.3 is 5.73 Å². The number of benzene rings is 1. The highest BCUT2D eigenvalue weighted by atomic mass is 35.5. The summed E-state index contributed by atoms with van der Waals surface area (Å²) < 4.78 is 0. The van der Waals surface area contributed by atoms with Crippen LogP contribution < -0.4 is 5.73 Å². The summed E-state index contributed by atoms with van der Waals surface area (Å²) in [6, 6.07) is 5.43. The summed E-state index contributed by atoms with van der Waals surface area (Å²) in [5.41, 5.74) is 6.49. The molecule has 0 aliphatic carbocycles. The molecule has 0 aliphatic heterocycles. The summed E-state index contributed by atoms with van der Waals surface area (Å²) in [6.07, 6.45) is 0. The highest BCUT2D eigenvalue weighted by Crippen LogP contribution is 2.29. The van der Waals surface area contributed by atoms with Crippen molar-refractivity contribution in [2.24, 2.45) is 7.05 Å². The number of aromatic nitrogens is 4. The van der Waals surface area contributed by atoms with E-state index in [1.807, 2.05) is 12.1 Å². The molecule has 16 heavy (non-hydrogen) atoms. The summed E-state index contributed by atoms with van der Waals surface area (Å²) in [5, 5.41) is 12.4. The minimum absolute atomic E-state index is 0.638. The van der Waals surface area contributed by atoms with E-state index in [0.717, 1.165) is 4.90 Å². The average Bonchev–Trinajstić information content (AvgIpc) is 2.63. The Kier molecular flexibility index (Phi) is 3.31.